The second-order valence-electron chi connectivity index (χ2n) is 20.2. The van der Waals surface area contributed by atoms with E-state index >= 15 is 0 Å². The summed E-state index contributed by atoms with van der Waals surface area (Å²) in [4.78, 5) is 33.7. The van der Waals surface area contributed by atoms with E-state index in [1.54, 1.807) is 0 Å². The smallest absolute Gasteiger partial charge is 0.232 e. The van der Waals surface area contributed by atoms with Crippen molar-refractivity contribution in [3.63, 3.8) is 0 Å². The Morgan fingerprint density at radius 3 is 2.27 bits per heavy atom. The van der Waals surface area contributed by atoms with Gasteiger partial charge in [-0.3, -0.25) is 14.5 Å². The van der Waals surface area contributed by atoms with Crippen molar-refractivity contribution in [2.45, 2.75) is 149 Å². The van der Waals surface area contributed by atoms with Gasteiger partial charge in [0.25, 0.3) is 0 Å². The molecule has 51 heavy (non-hydrogen) atoms. The molecule has 1 N–H and O–H groups in total. The number of hydrogen-bond acceptors (Lipinski definition) is 6. The Labute approximate surface area is 309 Å². The molecule has 8 fully saturated rings. The summed E-state index contributed by atoms with van der Waals surface area (Å²) in [5, 5.41) is 3.37. The van der Waals surface area contributed by atoms with E-state index in [0.717, 1.165) is 102 Å². The maximum Gasteiger partial charge on any atom is 0.232 e. The molecule has 1 unspecified atom stereocenters. The SMILES string of the molecule is CC(C)CN1CCN(C2CCN(C(=O)CC(=O)N[C@H]3CC[C@]4(C)C5CC[C@]6(C)[C@@H]7[C@H](C[C@H]6[C@@H]5CC[C@@H]4C3)O[C@]3(CC[C@H](C)CO3)[C@H]7C)CC2)CC1. The number of nitrogens with one attached hydrogen (secondary N) is 1. The molecular weight excluding hydrogens is 636 g/mol. The van der Waals surface area contributed by atoms with E-state index in [1.165, 1.54) is 51.5 Å². The van der Waals surface area contributed by atoms with Crippen LogP contribution in [0.25, 0.3) is 0 Å². The van der Waals surface area contributed by atoms with Crippen LogP contribution in [0.15, 0.2) is 0 Å². The highest BCUT2D eigenvalue weighted by Gasteiger charge is 2.69. The van der Waals surface area contributed by atoms with Gasteiger partial charge in [-0.15, -0.1) is 0 Å². The van der Waals surface area contributed by atoms with Crippen LogP contribution in [0.2, 0.25) is 0 Å². The summed E-state index contributed by atoms with van der Waals surface area (Å²) in [5.41, 5.74) is 0.723. The number of likely N-dealkylation sites (tertiary alicyclic amines) is 1. The number of piperazine rings is 1. The topological polar surface area (TPSA) is 74.4 Å². The number of piperidine rings is 1. The third kappa shape index (κ3) is 6.64. The van der Waals surface area contributed by atoms with Crippen molar-refractivity contribution >= 4 is 11.8 Å². The standard InChI is InChI=1S/C43H72N4O4/c1-28(2)26-45-19-21-46(22-20-45)33-12-17-47(18-13-33)39(49)25-38(48)44-32-10-14-41(5)31(23-32)7-8-34-35(41)11-15-42(6)36(34)24-37-40(42)30(4)43(51-37)16-9-29(3)27-50-43/h28-37,40H,7-27H2,1-6H3,(H,44,48)/t29-,30-,31+,32-,34+,35?,36-,37-,40-,41-,42-,43+/m0/s1. The van der Waals surface area contributed by atoms with Crippen LogP contribution in [0.3, 0.4) is 0 Å². The van der Waals surface area contributed by atoms with Gasteiger partial charge in [0.05, 0.1) is 12.7 Å². The number of carbonyl (C=O) groups is 2. The maximum atomic E-state index is 13.3. The van der Waals surface area contributed by atoms with Crippen LogP contribution < -0.4 is 5.32 Å². The maximum absolute atomic E-state index is 13.3. The molecule has 4 aliphatic carbocycles. The molecule has 8 aliphatic rings. The predicted octanol–water partition coefficient (Wildman–Crippen LogP) is 6.57. The van der Waals surface area contributed by atoms with E-state index in [1.807, 2.05) is 4.90 Å². The van der Waals surface area contributed by atoms with Gasteiger partial charge in [0, 0.05) is 70.2 Å². The third-order valence-electron chi connectivity index (χ3n) is 17.0. The normalized spacial score (nSPS) is 46.4. The first kappa shape index (κ1) is 36.7. The first-order valence-corrected chi connectivity index (χ1v) is 21.7. The number of carbonyl (C=O) groups excluding carboxylic acids is 2. The van der Waals surface area contributed by atoms with Gasteiger partial charge in [-0.2, -0.15) is 0 Å². The number of nitrogens with zero attached hydrogens (tertiary/aromatic N) is 3. The summed E-state index contributed by atoms with van der Waals surface area (Å²) in [7, 11) is 0. The summed E-state index contributed by atoms with van der Waals surface area (Å²) in [6, 6.07) is 0.787. The lowest BCUT2D eigenvalue weighted by molar-refractivity contribution is -0.273. The zero-order valence-electron chi connectivity index (χ0n) is 33.2. The molecule has 8 nitrogen and oxygen atoms in total. The molecule has 0 radical (unpaired) electrons. The fourth-order valence-corrected chi connectivity index (χ4v) is 14.2. The monoisotopic (exact) mass is 709 g/mol. The molecule has 4 saturated heterocycles. The lowest BCUT2D eigenvalue weighted by atomic mass is 9.44. The van der Waals surface area contributed by atoms with E-state index in [0.29, 0.717) is 46.6 Å². The van der Waals surface area contributed by atoms with Crippen LogP contribution in [0.5, 0.6) is 0 Å². The fourth-order valence-electron chi connectivity index (χ4n) is 14.2. The van der Waals surface area contributed by atoms with Crippen molar-refractivity contribution < 1.29 is 19.1 Å². The van der Waals surface area contributed by atoms with Gasteiger partial charge in [0.2, 0.25) is 11.8 Å². The molecule has 2 amide bonds. The second-order valence-corrected chi connectivity index (χ2v) is 20.2. The highest BCUT2D eigenvalue weighted by Crippen LogP contribution is 2.71. The molecule has 4 heterocycles. The first-order valence-electron chi connectivity index (χ1n) is 21.7. The molecule has 0 aromatic carbocycles. The molecule has 0 aromatic heterocycles. The van der Waals surface area contributed by atoms with E-state index in [4.69, 9.17) is 9.47 Å². The molecule has 0 bridgehead atoms. The zero-order valence-corrected chi connectivity index (χ0v) is 33.2. The van der Waals surface area contributed by atoms with Gasteiger partial charge in [0.1, 0.15) is 6.42 Å². The lowest BCUT2D eigenvalue weighted by Crippen LogP contribution is -2.56. The highest BCUT2D eigenvalue weighted by molar-refractivity contribution is 5.97. The second kappa shape index (κ2) is 14.1. The van der Waals surface area contributed by atoms with Gasteiger partial charge in [-0.25, -0.2) is 0 Å². The fraction of sp³-hybridized carbons (Fsp3) is 0.953. The molecule has 8 heteroatoms. The van der Waals surface area contributed by atoms with E-state index in [-0.39, 0.29) is 30.1 Å². The lowest BCUT2D eigenvalue weighted by Gasteiger charge is -2.61. The van der Waals surface area contributed by atoms with Crippen molar-refractivity contribution in [2.24, 2.45) is 58.2 Å². The van der Waals surface area contributed by atoms with Crippen molar-refractivity contribution in [3.05, 3.63) is 0 Å². The minimum atomic E-state index is -0.330. The third-order valence-corrected chi connectivity index (χ3v) is 17.0. The number of rotatable bonds is 6. The van der Waals surface area contributed by atoms with Crippen LogP contribution in [-0.2, 0) is 19.1 Å². The molecule has 4 aliphatic heterocycles. The minimum Gasteiger partial charge on any atom is -0.353 e. The quantitative estimate of drug-likeness (QED) is 0.315. The Bertz CT molecular complexity index is 1270. The predicted molar refractivity (Wildman–Crippen MR) is 201 cm³/mol. The molecule has 8 rings (SSSR count). The molecule has 288 valence electrons. The van der Waals surface area contributed by atoms with Crippen molar-refractivity contribution in [2.75, 3.05) is 52.4 Å². The van der Waals surface area contributed by atoms with Crippen molar-refractivity contribution in [1.82, 2.24) is 20.0 Å². The van der Waals surface area contributed by atoms with E-state index < -0.39 is 0 Å². The van der Waals surface area contributed by atoms with Crippen LogP contribution >= 0.6 is 0 Å². The summed E-state index contributed by atoms with van der Waals surface area (Å²) >= 11 is 0. The van der Waals surface area contributed by atoms with Crippen molar-refractivity contribution in [3.8, 4) is 0 Å². The molecule has 0 aromatic rings. The van der Waals surface area contributed by atoms with Crippen LogP contribution in [-0.4, -0.2) is 103 Å². The van der Waals surface area contributed by atoms with E-state index in [9.17, 15) is 9.59 Å². The van der Waals surface area contributed by atoms with E-state index in [2.05, 4.69) is 56.7 Å². The van der Waals surface area contributed by atoms with Gasteiger partial charge in [0.15, 0.2) is 5.79 Å². The average molecular weight is 709 g/mol. The Kier molecular flexibility index (Phi) is 10.2. The zero-order chi connectivity index (χ0) is 35.7. The largest absolute Gasteiger partial charge is 0.353 e. The first-order chi connectivity index (χ1) is 24.4. The van der Waals surface area contributed by atoms with Crippen LogP contribution in [0.1, 0.15) is 125 Å². The van der Waals surface area contributed by atoms with Gasteiger partial charge >= 0.3 is 0 Å². The van der Waals surface area contributed by atoms with Crippen LogP contribution in [0, 0.1) is 58.2 Å². The molecule has 1 spiro atoms. The summed E-state index contributed by atoms with van der Waals surface area (Å²) < 4.78 is 13.6. The van der Waals surface area contributed by atoms with Gasteiger partial charge in [-0.1, -0.05) is 41.5 Å². The number of fused-ring (bicyclic) bond motifs is 7. The number of amides is 2. The summed E-state index contributed by atoms with van der Waals surface area (Å²) in [6.07, 6.45) is 14.6. The minimum absolute atomic E-state index is 0.0100. The van der Waals surface area contributed by atoms with Gasteiger partial charge in [-0.05, 0) is 123 Å². The van der Waals surface area contributed by atoms with Crippen LogP contribution in [0.4, 0.5) is 0 Å². The average Bonchev–Trinajstić information content (AvgIpc) is 3.55. The molecular formula is C43H72N4O4. The molecule has 4 saturated carbocycles. The Morgan fingerprint density at radius 1 is 0.824 bits per heavy atom. The molecule has 12 atom stereocenters. The summed E-state index contributed by atoms with van der Waals surface area (Å²) in [5.74, 6) is 5.12. The Balaban J connectivity index is 0.804. The Morgan fingerprint density at radius 2 is 1.57 bits per heavy atom. The summed E-state index contributed by atoms with van der Waals surface area (Å²) in [6.45, 7) is 22.9. The highest BCUT2D eigenvalue weighted by atomic mass is 16.7. The van der Waals surface area contributed by atoms with Gasteiger partial charge < -0.3 is 24.6 Å². The Hall–Kier alpha value is -1.22. The number of ether oxygens (including phenoxy) is 2. The number of hydrogen-bond donors (Lipinski definition) is 1. The van der Waals surface area contributed by atoms with Crippen molar-refractivity contribution in [1.29, 1.82) is 0 Å².